The summed E-state index contributed by atoms with van der Waals surface area (Å²) in [6, 6.07) is 43.8. The van der Waals surface area contributed by atoms with Gasteiger partial charge in [0.15, 0.2) is 44.3 Å². The van der Waals surface area contributed by atoms with E-state index in [1.54, 1.807) is 65.2 Å². The molecule has 9 rings (SSSR count). The first-order valence-electron chi connectivity index (χ1n) is 18.2. The molecule has 8 aromatic rings. The van der Waals surface area contributed by atoms with Crippen LogP contribution in [-0.4, -0.2) is 54.6 Å². The Labute approximate surface area is 351 Å². The minimum absolute atomic E-state index is 0.105. The van der Waals surface area contributed by atoms with Crippen molar-refractivity contribution in [2.75, 3.05) is 0 Å². The van der Waals surface area contributed by atoms with Crippen molar-refractivity contribution >= 4 is 63.9 Å². The fourth-order valence-corrected chi connectivity index (χ4v) is 10.4. The van der Waals surface area contributed by atoms with Crippen molar-refractivity contribution in [3.8, 4) is 39.1 Å². The van der Waals surface area contributed by atoms with Crippen LogP contribution in [-0.2, 0) is 44.3 Å². The summed E-state index contributed by atoms with van der Waals surface area (Å²) < 4.78 is 102. The summed E-state index contributed by atoms with van der Waals surface area (Å²) in [5.41, 5.74) is 3.96. The van der Waals surface area contributed by atoms with Gasteiger partial charge in [0, 0.05) is 22.4 Å². The molecule has 16 heteroatoms. The predicted octanol–water partition coefficient (Wildman–Crippen LogP) is 5.29. The molecule has 0 saturated heterocycles. The first kappa shape index (κ1) is 39.4. The van der Waals surface area contributed by atoms with Gasteiger partial charge in [-0.05, 0) is 59.2 Å². The number of para-hydroxylation sites is 1. The van der Waals surface area contributed by atoms with E-state index in [-0.39, 0.29) is 63.8 Å². The number of H-pyrrole nitrogens is 3. The molecule has 1 aliphatic heterocycles. The third kappa shape index (κ3) is 6.88. The van der Waals surface area contributed by atoms with Crippen LogP contribution in [0.5, 0.6) is 0 Å². The Morgan fingerprint density at radius 1 is 0.400 bits per heavy atom. The zero-order valence-corrected chi connectivity index (χ0v) is 34.2. The molecule has 300 valence electrons. The number of hydrogen-bond donors (Lipinski definition) is 7. The van der Waals surface area contributed by atoms with Crippen molar-refractivity contribution in [3.05, 3.63) is 196 Å². The molecule has 60 heavy (non-hydrogen) atoms. The van der Waals surface area contributed by atoms with E-state index in [1.807, 2.05) is 66.7 Å². The van der Waals surface area contributed by atoms with Gasteiger partial charge in [-0.15, -0.1) is 0 Å². The Bertz CT molecular complexity index is 3320. The van der Waals surface area contributed by atoms with Crippen LogP contribution >= 0.6 is 0 Å². The standard InChI is InChI=1S/C44H32N4O8S4/c49-57(50)41-31-21-22-33(45-31)42(58(51)52)35-25-30(26-13-5-1-6-14-26)38(47-35)44(60(55)56)40-37(28-17-9-3-10-18-28)36(27-15-7-2-8-16-27)39(48(40)29-19-11-4-12-20-29)43(59(53)54)34-24-23-32(41)46-34/h1-25,45-47H,(H,49,50)(H,51,52)(H,53,54)(H,55,56). The molecule has 0 fully saturated rings. The zero-order valence-electron chi connectivity index (χ0n) is 30.9. The van der Waals surface area contributed by atoms with Crippen LogP contribution in [0.15, 0.2) is 152 Å². The van der Waals surface area contributed by atoms with Gasteiger partial charge < -0.3 is 37.7 Å². The van der Waals surface area contributed by atoms with Gasteiger partial charge >= 0.3 is 0 Å². The second kappa shape index (κ2) is 16.2. The smallest absolute Gasteiger partial charge is 0.190 e. The van der Waals surface area contributed by atoms with Crippen LogP contribution in [0.2, 0.25) is 0 Å². The molecule has 4 aromatic carbocycles. The second-order valence-electron chi connectivity index (χ2n) is 13.6. The Morgan fingerprint density at radius 2 is 0.817 bits per heavy atom. The van der Waals surface area contributed by atoms with E-state index < -0.39 is 44.3 Å². The van der Waals surface area contributed by atoms with Crippen LogP contribution in [0.1, 0.15) is 22.8 Å². The normalized spacial score (nSPS) is 14.9. The van der Waals surface area contributed by atoms with E-state index >= 15 is 0 Å². The topological polar surface area (TPSA) is 201 Å². The Kier molecular flexibility index (Phi) is 10.6. The maximum atomic E-state index is 14.5. The highest BCUT2D eigenvalue weighted by Crippen LogP contribution is 2.36. The number of hydrogen-bond acceptors (Lipinski definition) is 4. The van der Waals surface area contributed by atoms with Crippen molar-refractivity contribution in [3.63, 3.8) is 0 Å². The molecule has 0 spiro atoms. The molecule has 4 unspecified atom stereocenters. The van der Waals surface area contributed by atoms with Gasteiger partial charge in [-0.3, -0.25) is 0 Å². The average Bonchev–Trinajstić information content (AvgIpc) is 4.06. The van der Waals surface area contributed by atoms with E-state index in [9.17, 15) is 35.0 Å². The van der Waals surface area contributed by atoms with Gasteiger partial charge in [-0.2, -0.15) is 0 Å². The molecule has 8 bridgehead atoms. The van der Waals surface area contributed by atoms with Crippen molar-refractivity contribution in [1.29, 1.82) is 0 Å². The molecular formula is C44H32N4O8S4. The lowest BCUT2D eigenvalue weighted by Gasteiger charge is -2.13. The molecule has 0 radical (unpaired) electrons. The highest BCUT2D eigenvalue weighted by Gasteiger charge is 2.31. The van der Waals surface area contributed by atoms with Crippen LogP contribution in [0.25, 0.3) is 58.7 Å². The van der Waals surface area contributed by atoms with E-state index in [2.05, 4.69) is 15.0 Å². The van der Waals surface area contributed by atoms with E-state index in [0.29, 0.717) is 39.1 Å². The molecule has 0 saturated carbocycles. The molecule has 4 aromatic heterocycles. The summed E-state index contributed by atoms with van der Waals surface area (Å²) in [6.07, 6.45) is 0. The van der Waals surface area contributed by atoms with Gasteiger partial charge in [-0.25, -0.2) is 16.8 Å². The fraction of sp³-hybridized carbons (Fsp3) is 0. The molecule has 12 nitrogen and oxygen atoms in total. The lowest BCUT2D eigenvalue weighted by Crippen LogP contribution is -2.31. The van der Waals surface area contributed by atoms with Crippen molar-refractivity contribution in [2.24, 2.45) is 0 Å². The molecule has 7 N–H and O–H groups in total. The zero-order chi connectivity index (χ0) is 41.7. The Hall–Kier alpha value is -6.08. The average molecular weight is 873 g/mol. The maximum Gasteiger partial charge on any atom is 0.190 e. The largest absolute Gasteiger partial charge is 0.353 e. The monoisotopic (exact) mass is 872 g/mol. The first-order valence-corrected chi connectivity index (χ1v) is 22.6. The van der Waals surface area contributed by atoms with E-state index in [4.69, 9.17) is 0 Å². The minimum atomic E-state index is -2.83. The van der Waals surface area contributed by atoms with Gasteiger partial charge in [-0.1, -0.05) is 109 Å². The number of aromatic amines is 3. The SMILES string of the molecule is O=S(O)C1=c2ccc([nH]2)=C(S(=O)O)c2cc(-c3ccccc3)c([nH]2)C(S(=O)O)=c2c(-c3ccccc3)c(-c3ccccc3)c(n2-c2ccccc2)=C(S(=O)O)c2ccc1[nH]2. The van der Waals surface area contributed by atoms with Gasteiger partial charge in [0.05, 0.1) is 44.2 Å². The number of fused-ring (bicyclic) bond motifs is 8. The summed E-state index contributed by atoms with van der Waals surface area (Å²) >= 11 is -10.9. The third-order valence-electron chi connectivity index (χ3n) is 10.2. The first-order chi connectivity index (χ1) is 29.1. The highest BCUT2D eigenvalue weighted by molar-refractivity contribution is 7.90. The quantitative estimate of drug-likeness (QED) is 0.0999. The molecule has 0 amide bonds. The van der Waals surface area contributed by atoms with Gasteiger partial charge in [0.2, 0.25) is 0 Å². The maximum absolute atomic E-state index is 14.5. The summed E-state index contributed by atoms with van der Waals surface area (Å²) in [4.78, 5) is 8.83. The molecule has 0 aliphatic carbocycles. The van der Waals surface area contributed by atoms with Crippen LogP contribution < -0.4 is 21.4 Å². The number of aromatic nitrogens is 4. The van der Waals surface area contributed by atoms with Crippen LogP contribution in [0.4, 0.5) is 0 Å². The second-order valence-corrected chi connectivity index (χ2v) is 17.2. The number of nitrogens with one attached hydrogen (secondary N) is 3. The number of benzene rings is 4. The fourth-order valence-electron chi connectivity index (χ4n) is 7.79. The Morgan fingerprint density at radius 3 is 1.30 bits per heavy atom. The minimum Gasteiger partial charge on any atom is -0.353 e. The van der Waals surface area contributed by atoms with Crippen LogP contribution in [0, 0.1) is 0 Å². The van der Waals surface area contributed by atoms with Crippen molar-refractivity contribution in [2.45, 2.75) is 0 Å². The van der Waals surface area contributed by atoms with Gasteiger partial charge in [0.1, 0.15) is 19.6 Å². The molecule has 1 aliphatic rings. The molecule has 4 atom stereocenters. The Balaban J connectivity index is 1.68. The summed E-state index contributed by atoms with van der Waals surface area (Å²) in [5, 5.41) is 0.580. The van der Waals surface area contributed by atoms with Gasteiger partial charge in [0.25, 0.3) is 0 Å². The van der Waals surface area contributed by atoms with E-state index in [1.165, 1.54) is 24.3 Å². The highest BCUT2D eigenvalue weighted by atomic mass is 32.2. The summed E-state index contributed by atoms with van der Waals surface area (Å²) in [5.74, 6) is 0. The number of nitrogens with zero attached hydrogens (tertiary/aromatic N) is 1. The lowest BCUT2D eigenvalue weighted by atomic mass is 9.96. The summed E-state index contributed by atoms with van der Waals surface area (Å²) in [7, 11) is 0. The van der Waals surface area contributed by atoms with Crippen LogP contribution in [0.3, 0.4) is 0 Å². The molecular weight excluding hydrogens is 841 g/mol. The predicted molar refractivity (Wildman–Crippen MR) is 236 cm³/mol. The summed E-state index contributed by atoms with van der Waals surface area (Å²) in [6.45, 7) is 0. The molecule has 5 heterocycles. The van der Waals surface area contributed by atoms with Crippen molar-refractivity contribution < 1.29 is 35.0 Å². The lowest BCUT2D eigenvalue weighted by molar-refractivity contribution is 0.573. The number of rotatable bonds is 8. The van der Waals surface area contributed by atoms with Crippen molar-refractivity contribution in [1.82, 2.24) is 19.5 Å². The third-order valence-corrected chi connectivity index (χ3v) is 13.3. The van der Waals surface area contributed by atoms with E-state index in [0.717, 1.165) is 0 Å².